The van der Waals surface area contributed by atoms with Crippen molar-refractivity contribution in [2.75, 3.05) is 0 Å². The molecule has 0 aliphatic heterocycles. The molecule has 1 N–H and O–H groups in total. The van der Waals surface area contributed by atoms with Crippen molar-refractivity contribution >= 4 is 11.3 Å². The Bertz CT molecular complexity index is 403. The Labute approximate surface area is 94.6 Å². The first kappa shape index (κ1) is 10.5. The molecule has 0 saturated heterocycles. The van der Waals surface area contributed by atoms with Gasteiger partial charge in [0.2, 0.25) is 0 Å². The van der Waals surface area contributed by atoms with E-state index in [2.05, 4.69) is 52.8 Å². The summed E-state index contributed by atoms with van der Waals surface area (Å²) in [7, 11) is 2.05. The lowest BCUT2D eigenvalue weighted by atomic mass is 10.2. The van der Waals surface area contributed by atoms with Crippen LogP contribution >= 0.6 is 11.3 Å². The van der Waals surface area contributed by atoms with Gasteiger partial charge in [-0.05, 0) is 30.0 Å². The molecular weight excluding hydrogens is 204 g/mol. The average molecular weight is 220 g/mol. The highest BCUT2D eigenvalue weighted by atomic mass is 32.1. The SMILES string of the molecule is CC(NCc1ccn(C)c1)c1cccs1. The topological polar surface area (TPSA) is 17.0 Å². The number of aromatic nitrogens is 1. The summed E-state index contributed by atoms with van der Waals surface area (Å²) < 4.78 is 2.08. The van der Waals surface area contributed by atoms with Crippen LogP contribution in [0, 0.1) is 0 Å². The molecule has 2 aromatic heterocycles. The van der Waals surface area contributed by atoms with Crippen molar-refractivity contribution in [3.8, 4) is 0 Å². The molecule has 2 nitrogen and oxygen atoms in total. The van der Waals surface area contributed by atoms with Crippen molar-refractivity contribution < 1.29 is 0 Å². The second-order valence-corrected chi connectivity index (χ2v) is 4.78. The van der Waals surface area contributed by atoms with E-state index in [4.69, 9.17) is 0 Å². The zero-order chi connectivity index (χ0) is 10.7. The van der Waals surface area contributed by atoms with Crippen molar-refractivity contribution in [3.05, 3.63) is 46.4 Å². The van der Waals surface area contributed by atoms with Gasteiger partial charge in [0.15, 0.2) is 0 Å². The van der Waals surface area contributed by atoms with Crippen molar-refractivity contribution in [1.29, 1.82) is 0 Å². The van der Waals surface area contributed by atoms with Crippen LogP contribution in [0.5, 0.6) is 0 Å². The van der Waals surface area contributed by atoms with Crippen molar-refractivity contribution in [3.63, 3.8) is 0 Å². The first-order valence-corrected chi connectivity index (χ1v) is 6.01. The quantitative estimate of drug-likeness (QED) is 0.838. The minimum Gasteiger partial charge on any atom is -0.357 e. The minimum atomic E-state index is 0.435. The molecule has 0 saturated carbocycles. The largest absolute Gasteiger partial charge is 0.357 e. The van der Waals surface area contributed by atoms with Gasteiger partial charge in [-0.25, -0.2) is 0 Å². The Morgan fingerprint density at radius 2 is 2.33 bits per heavy atom. The molecule has 3 heteroatoms. The molecule has 1 atom stereocenters. The van der Waals surface area contributed by atoms with Crippen molar-refractivity contribution in [1.82, 2.24) is 9.88 Å². The summed E-state index contributed by atoms with van der Waals surface area (Å²) in [5.41, 5.74) is 1.33. The second-order valence-electron chi connectivity index (χ2n) is 3.80. The van der Waals surface area contributed by atoms with Gasteiger partial charge in [-0.15, -0.1) is 11.3 Å². The lowest BCUT2D eigenvalue weighted by Gasteiger charge is -2.10. The summed E-state index contributed by atoms with van der Waals surface area (Å²) in [5.74, 6) is 0. The van der Waals surface area contributed by atoms with Crippen molar-refractivity contribution in [2.24, 2.45) is 7.05 Å². The first-order chi connectivity index (χ1) is 7.25. The Morgan fingerprint density at radius 1 is 1.47 bits per heavy atom. The molecule has 0 spiro atoms. The number of aryl methyl sites for hydroxylation is 1. The van der Waals surface area contributed by atoms with Gasteiger partial charge in [0.05, 0.1) is 0 Å². The van der Waals surface area contributed by atoms with Gasteiger partial charge in [-0.1, -0.05) is 6.07 Å². The maximum Gasteiger partial charge on any atom is 0.0388 e. The summed E-state index contributed by atoms with van der Waals surface area (Å²) in [6.45, 7) is 3.13. The number of rotatable bonds is 4. The van der Waals surface area contributed by atoms with E-state index in [0.717, 1.165) is 6.54 Å². The van der Waals surface area contributed by atoms with Gasteiger partial charge in [-0.2, -0.15) is 0 Å². The molecule has 0 aromatic carbocycles. The van der Waals surface area contributed by atoms with E-state index in [1.807, 2.05) is 7.05 Å². The molecule has 15 heavy (non-hydrogen) atoms. The smallest absolute Gasteiger partial charge is 0.0388 e. The minimum absolute atomic E-state index is 0.435. The van der Waals surface area contributed by atoms with E-state index in [9.17, 15) is 0 Å². The molecule has 0 bridgehead atoms. The Balaban J connectivity index is 1.88. The standard InChI is InChI=1S/C12H16N2S/c1-10(12-4-3-7-15-12)13-8-11-5-6-14(2)9-11/h3-7,9-10,13H,8H2,1-2H3. The van der Waals surface area contributed by atoms with E-state index >= 15 is 0 Å². The van der Waals surface area contributed by atoms with E-state index < -0.39 is 0 Å². The fourth-order valence-corrected chi connectivity index (χ4v) is 2.33. The summed E-state index contributed by atoms with van der Waals surface area (Å²) in [4.78, 5) is 1.39. The highest BCUT2D eigenvalue weighted by Crippen LogP contribution is 2.18. The monoisotopic (exact) mass is 220 g/mol. The van der Waals surface area contributed by atoms with Crippen LogP contribution in [0.15, 0.2) is 36.0 Å². The van der Waals surface area contributed by atoms with Gasteiger partial charge < -0.3 is 9.88 Å². The van der Waals surface area contributed by atoms with Crippen LogP contribution < -0.4 is 5.32 Å². The zero-order valence-corrected chi connectivity index (χ0v) is 9.92. The molecule has 80 valence electrons. The third-order valence-electron chi connectivity index (χ3n) is 2.48. The molecule has 0 aliphatic carbocycles. The normalized spacial score (nSPS) is 12.9. The van der Waals surface area contributed by atoms with Crippen LogP contribution in [0.25, 0.3) is 0 Å². The fourth-order valence-electron chi connectivity index (χ4n) is 1.57. The molecule has 2 rings (SSSR count). The van der Waals surface area contributed by atoms with Gasteiger partial charge in [0.25, 0.3) is 0 Å². The number of hydrogen-bond donors (Lipinski definition) is 1. The highest BCUT2D eigenvalue weighted by Gasteiger charge is 2.05. The zero-order valence-electron chi connectivity index (χ0n) is 9.10. The second kappa shape index (κ2) is 4.64. The predicted octanol–water partition coefficient (Wildman–Crippen LogP) is 2.94. The Kier molecular flexibility index (Phi) is 3.23. The number of nitrogens with one attached hydrogen (secondary N) is 1. The van der Waals surface area contributed by atoms with E-state index in [0.29, 0.717) is 6.04 Å². The summed E-state index contributed by atoms with van der Waals surface area (Å²) in [5, 5.41) is 5.63. The lowest BCUT2D eigenvalue weighted by molar-refractivity contribution is 0.582. The van der Waals surface area contributed by atoms with Crippen LogP contribution in [0.2, 0.25) is 0 Å². The molecule has 2 aromatic rings. The molecule has 2 heterocycles. The molecular formula is C12H16N2S. The van der Waals surface area contributed by atoms with Gasteiger partial charge in [0, 0.05) is 36.9 Å². The van der Waals surface area contributed by atoms with Gasteiger partial charge in [0.1, 0.15) is 0 Å². The van der Waals surface area contributed by atoms with Crippen LogP contribution in [-0.2, 0) is 13.6 Å². The Morgan fingerprint density at radius 3 is 2.93 bits per heavy atom. The van der Waals surface area contributed by atoms with Gasteiger partial charge >= 0.3 is 0 Å². The van der Waals surface area contributed by atoms with Crippen LogP contribution in [0.1, 0.15) is 23.4 Å². The van der Waals surface area contributed by atoms with E-state index in [1.54, 1.807) is 11.3 Å². The number of hydrogen-bond acceptors (Lipinski definition) is 2. The van der Waals surface area contributed by atoms with Crippen LogP contribution in [0.3, 0.4) is 0 Å². The van der Waals surface area contributed by atoms with Gasteiger partial charge in [-0.3, -0.25) is 0 Å². The number of nitrogens with zero attached hydrogens (tertiary/aromatic N) is 1. The molecule has 0 aliphatic rings. The highest BCUT2D eigenvalue weighted by molar-refractivity contribution is 7.10. The average Bonchev–Trinajstić information content (AvgIpc) is 2.84. The third-order valence-corrected chi connectivity index (χ3v) is 3.53. The molecule has 0 radical (unpaired) electrons. The predicted molar refractivity (Wildman–Crippen MR) is 65.0 cm³/mol. The molecule has 1 unspecified atom stereocenters. The summed E-state index contributed by atoms with van der Waals surface area (Å²) in [6, 6.07) is 6.85. The number of thiophene rings is 1. The first-order valence-electron chi connectivity index (χ1n) is 5.13. The summed E-state index contributed by atoms with van der Waals surface area (Å²) in [6.07, 6.45) is 4.22. The van der Waals surface area contributed by atoms with E-state index in [1.165, 1.54) is 10.4 Å². The maximum atomic E-state index is 3.51. The molecule has 0 amide bonds. The third kappa shape index (κ3) is 2.70. The maximum absolute atomic E-state index is 3.51. The molecule has 0 fully saturated rings. The van der Waals surface area contributed by atoms with Crippen LogP contribution in [0.4, 0.5) is 0 Å². The fraction of sp³-hybridized carbons (Fsp3) is 0.333. The Hall–Kier alpha value is -1.06. The lowest BCUT2D eigenvalue weighted by Crippen LogP contribution is -2.16. The van der Waals surface area contributed by atoms with Crippen LogP contribution in [-0.4, -0.2) is 4.57 Å². The van der Waals surface area contributed by atoms with Crippen molar-refractivity contribution in [2.45, 2.75) is 19.5 Å². The summed E-state index contributed by atoms with van der Waals surface area (Å²) >= 11 is 1.80. The van der Waals surface area contributed by atoms with E-state index in [-0.39, 0.29) is 0 Å².